The highest BCUT2D eigenvalue weighted by molar-refractivity contribution is 5.80. The van der Waals surface area contributed by atoms with Gasteiger partial charge in [-0.15, -0.1) is 0 Å². The molecule has 1 saturated carbocycles. The highest BCUT2D eigenvalue weighted by Gasteiger charge is 2.27. The van der Waals surface area contributed by atoms with Crippen LogP contribution < -0.4 is 5.73 Å². The molecule has 0 aromatic rings. The van der Waals surface area contributed by atoms with Crippen LogP contribution in [0.3, 0.4) is 0 Å². The Labute approximate surface area is 115 Å². The summed E-state index contributed by atoms with van der Waals surface area (Å²) >= 11 is 0. The first kappa shape index (κ1) is 14.4. The van der Waals surface area contributed by atoms with E-state index in [1.54, 1.807) is 0 Å². The third-order valence-corrected chi connectivity index (χ3v) is 4.67. The summed E-state index contributed by atoms with van der Waals surface area (Å²) in [4.78, 5) is 25.2. The summed E-state index contributed by atoms with van der Waals surface area (Å²) in [5, 5.41) is 0. The number of carbonyl (C=O) groups is 2. The van der Waals surface area contributed by atoms with Gasteiger partial charge in [0.25, 0.3) is 0 Å². The number of nitrogens with two attached hydrogens (primary N) is 1. The van der Waals surface area contributed by atoms with E-state index < -0.39 is 0 Å². The van der Waals surface area contributed by atoms with Gasteiger partial charge in [-0.1, -0.05) is 32.1 Å². The van der Waals surface area contributed by atoms with Gasteiger partial charge in [-0.3, -0.25) is 9.59 Å². The van der Waals surface area contributed by atoms with E-state index in [1.807, 2.05) is 4.90 Å². The molecule has 0 bridgehead atoms. The molecule has 1 aliphatic heterocycles. The van der Waals surface area contributed by atoms with Crippen molar-refractivity contribution in [3.8, 4) is 0 Å². The fourth-order valence-electron chi connectivity index (χ4n) is 3.40. The Hall–Kier alpha value is -1.06. The van der Waals surface area contributed by atoms with Gasteiger partial charge in [-0.25, -0.2) is 0 Å². The van der Waals surface area contributed by atoms with Crippen molar-refractivity contribution in [3.63, 3.8) is 0 Å². The molecule has 2 rings (SSSR count). The molecular weight excluding hydrogens is 240 g/mol. The SMILES string of the molecule is NC(=O)C1CCCN(C(=O)CCC2CCCCC2)C1. The summed E-state index contributed by atoms with van der Waals surface area (Å²) in [6.07, 6.45) is 10.0. The van der Waals surface area contributed by atoms with Gasteiger partial charge in [0.05, 0.1) is 5.92 Å². The van der Waals surface area contributed by atoms with Crippen molar-refractivity contribution < 1.29 is 9.59 Å². The van der Waals surface area contributed by atoms with Crippen molar-refractivity contribution in [1.29, 1.82) is 0 Å². The Kier molecular flexibility index (Phi) is 5.23. The fourth-order valence-corrected chi connectivity index (χ4v) is 3.40. The van der Waals surface area contributed by atoms with Crippen LogP contribution >= 0.6 is 0 Å². The molecule has 1 aliphatic carbocycles. The predicted octanol–water partition coefficient (Wildman–Crippen LogP) is 2.07. The Morgan fingerprint density at radius 2 is 1.79 bits per heavy atom. The van der Waals surface area contributed by atoms with Crippen molar-refractivity contribution in [2.75, 3.05) is 13.1 Å². The maximum absolute atomic E-state index is 12.2. The first-order chi connectivity index (χ1) is 9.16. The van der Waals surface area contributed by atoms with Gasteiger partial charge in [-0.05, 0) is 25.2 Å². The first-order valence-electron chi connectivity index (χ1n) is 7.74. The molecule has 1 unspecified atom stereocenters. The zero-order chi connectivity index (χ0) is 13.7. The Balaban J connectivity index is 1.74. The second kappa shape index (κ2) is 6.92. The number of hydrogen-bond donors (Lipinski definition) is 1. The van der Waals surface area contributed by atoms with Gasteiger partial charge in [0.15, 0.2) is 0 Å². The molecule has 0 aromatic carbocycles. The lowest BCUT2D eigenvalue weighted by Crippen LogP contribution is -2.44. The van der Waals surface area contributed by atoms with Gasteiger partial charge < -0.3 is 10.6 Å². The summed E-state index contributed by atoms with van der Waals surface area (Å²) in [7, 11) is 0. The molecule has 2 fully saturated rings. The summed E-state index contributed by atoms with van der Waals surface area (Å²) in [6, 6.07) is 0. The molecule has 1 heterocycles. The molecule has 0 radical (unpaired) electrons. The molecule has 2 N–H and O–H groups in total. The zero-order valence-corrected chi connectivity index (χ0v) is 11.8. The van der Waals surface area contributed by atoms with E-state index in [9.17, 15) is 9.59 Å². The standard InChI is InChI=1S/C15H26N2O2/c16-15(19)13-7-4-10-17(11-13)14(18)9-8-12-5-2-1-3-6-12/h12-13H,1-11H2,(H2,16,19). The molecule has 108 valence electrons. The van der Waals surface area contributed by atoms with Crippen molar-refractivity contribution in [3.05, 3.63) is 0 Å². The molecule has 19 heavy (non-hydrogen) atoms. The van der Waals surface area contributed by atoms with E-state index in [2.05, 4.69) is 0 Å². The highest BCUT2D eigenvalue weighted by atomic mass is 16.2. The maximum atomic E-state index is 12.2. The van der Waals surface area contributed by atoms with E-state index in [-0.39, 0.29) is 17.7 Å². The summed E-state index contributed by atoms with van der Waals surface area (Å²) in [5.41, 5.74) is 5.34. The van der Waals surface area contributed by atoms with Crippen LogP contribution in [0.5, 0.6) is 0 Å². The number of hydrogen-bond acceptors (Lipinski definition) is 2. The third kappa shape index (κ3) is 4.22. The van der Waals surface area contributed by atoms with Crippen molar-refractivity contribution >= 4 is 11.8 Å². The average Bonchev–Trinajstić information content (AvgIpc) is 2.46. The molecule has 0 spiro atoms. The van der Waals surface area contributed by atoms with Gasteiger partial charge in [-0.2, -0.15) is 0 Å². The maximum Gasteiger partial charge on any atom is 0.222 e. The van der Waals surface area contributed by atoms with Crippen LogP contribution in [0.1, 0.15) is 57.8 Å². The predicted molar refractivity (Wildman–Crippen MR) is 74.3 cm³/mol. The van der Waals surface area contributed by atoms with Crippen molar-refractivity contribution in [2.45, 2.75) is 57.8 Å². The minimum atomic E-state index is -0.259. The minimum absolute atomic E-state index is 0.132. The van der Waals surface area contributed by atoms with Crippen molar-refractivity contribution in [1.82, 2.24) is 4.90 Å². The number of piperidine rings is 1. The van der Waals surface area contributed by atoms with Crippen LogP contribution in [0.15, 0.2) is 0 Å². The lowest BCUT2D eigenvalue weighted by molar-refractivity contribution is -0.135. The number of primary amides is 1. The van der Waals surface area contributed by atoms with Crippen molar-refractivity contribution in [2.24, 2.45) is 17.6 Å². The number of carbonyl (C=O) groups excluding carboxylic acids is 2. The summed E-state index contributed by atoms with van der Waals surface area (Å²) in [5.74, 6) is 0.572. The normalized spacial score (nSPS) is 25.3. The average molecular weight is 266 g/mol. The minimum Gasteiger partial charge on any atom is -0.369 e. The van der Waals surface area contributed by atoms with Crippen LogP contribution in [0.4, 0.5) is 0 Å². The number of rotatable bonds is 4. The molecular formula is C15H26N2O2. The van der Waals surface area contributed by atoms with E-state index in [0.717, 1.165) is 31.7 Å². The third-order valence-electron chi connectivity index (χ3n) is 4.67. The Morgan fingerprint density at radius 1 is 1.05 bits per heavy atom. The first-order valence-corrected chi connectivity index (χ1v) is 7.74. The van der Waals surface area contributed by atoms with Gasteiger partial charge >= 0.3 is 0 Å². The topological polar surface area (TPSA) is 63.4 Å². The molecule has 4 nitrogen and oxygen atoms in total. The van der Waals surface area contributed by atoms with Gasteiger partial charge in [0, 0.05) is 19.5 Å². The van der Waals surface area contributed by atoms with Gasteiger partial charge in [0.2, 0.25) is 11.8 Å². The zero-order valence-electron chi connectivity index (χ0n) is 11.8. The van der Waals surface area contributed by atoms with Crippen LogP contribution in [0.25, 0.3) is 0 Å². The Bertz CT molecular complexity index is 324. The number of nitrogens with zero attached hydrogens (tertiary/aromatic N) is 1. The van der Waals surface area contributed by atoms with Crippen LogP contribution in [-0.4, -0.2) is 29.8 Å². The lowest BCUT2D eigenvalue weighted by Gasteiger charge is -2.32. The molecule has 1 atom stereocenters. The van der Waals surface area contributed by atoms with E-state index in [4.69, 9.17) is 5.73 Å². The fraction of sp³-hybridized carbons (Fsp3) is 0.867. The number of amides is 2. The highest BCUT2D eigenvalue weighted by Crippen LogP contribution is 2.28. The largest absolute Gasteiger partial charge is 0.369 e. The van der Waals surface area contributed by atoms with Crippen LogP contribution in [0.2, 0.25) is 0 Å². The molecule has 2 aliphatic rings. The van der Waals surface area contributed by atoms with E-state index in [0.29, 0.717) is 13.0 Å². The molecule has 1 saturated heterocycles. The number of likely N-dealkylation sites (tertiary alicyclic amines) is 1. The Morgan fingerprint density at radius 3 is 2.47 bits per heavy atom. The molecule has 4 heteroatoms. The van der Waals surface area contributed by atoms with Crippen LogP contribution in [0, 0.1) is 11.8 Å². The smallest absolute Gasteiger partial charge is 0.222 e. The summed E-state index contributed by atoms with van der Waals surface area (Å²) < 4.78 is 0. The van der Waals surface area contributed by atoms with Gasteiger partial charge in [0.1, 0.15) is 0 Å². The lowest BCUT2D eigenvalue weighted by atomic mass is 9.86. The quantitative estimate of drug-likeness (QED) is 0.846. The molecule has 2 amide bonds. The van der Waals surface area contributed by atoms with Crippen LogP contribution in [-0.2, 0) is 9.59 Å². The molecule has 0 aromatic heterocycles. The summed E-state index contributed by atoms with van der Waals surface area (Å²) in [6.45, 7) is 1.34. The van der Waals surface area contributed by atoms with E-state index in [1.165, 1.54) is 32.1 Å². The second-order valence-electron chi connectivity index (χ2n) is 6.12. The van der Waals surface area contributed by atoms with E-state index >= 15 is 0 Å². The second-order valence-corrected chi connectivity index (χ2v) is 6.12. The monoisotopic (exact) mass is 266 g/mol.